The molecule has 2 aromatic heterocycles. The van der Waals surface area contributed by atoms with Gasteiger partial charge in [0.05, 0.1) is 22.8 Å². The van der Waals surface area contributed by atoms with Crippen molar-refractivity contribution >= 4 is 70.4 Å². The Labute approximate surface area is 213 Å². The lowest BCUT2D eigenvalue weighted by atomic mass is 9.94. The number of hydrogen-bond acceptors (Lipinski definition) is 6. The van der Waals surface area contributed by atoms with Gasteiger partial charge >= 0.3 is 0 Å². The van der Waals surface area contributed by atoms with Gasteiger partial charge in [0.25, 0.3) is 0 Å². The van der Waals surface area contributed by atoms with E-state index < -0.39 is 0 Å². The van der Waals surface area contributed by atoms with Crippen LogP contribution in [0.4, 0.5) is 5.13 Å². The Balaban J connectivity index is 1.40. The van der Waals surface area contributed by atoms with Gasteiger partial charge in [0.1, 0.15) is 0 Å². The number of halogens is 1. The van der Waals surface area contributed by atoms with Crippen molar-refractivity contribution in [3.63, 3.8) is 0 Å². The van der Waals surface area contributed by atoms with Crippen molar-refractivity contribution in [1.29, 1.82) is 0 Å². The molecule has 6 aromatic rings. The Morgan fingerprint density at radius 1 is 0.771 bits per heavy atom. The fourth-order valence-corrected chi connectivity index (χ4v) is 5.86. The summed E-state index contributed by atoms with van der Waals surface area (Å²) in [6.07, 6.45) is 0.786. The van der Waals surface area contributed by atoms with Crippen molar-refractivity contribution in [3.8, 4) is 0 Å². The number of anilines is 1. The van der Waals surface area contributed by atoms with Crippen LogP contribution in [0.5, 0.6) is 0 Å². The maximum absolute atomic E-state index is 5.11. The minimum Gasteiger partial charge on any atom is -0.232 e. The predicted molar refractivity (Wildman–Crippen MR) is 147 cm³/mol. The van der Waals surface area contributed by atoms with Gasteiger partial charge in [-0.2, -0.15) is 10.1 Å². The van der Waals surface area contributed by atoms with E-state index in [1.807, 2.05) is 24.3 Å². The van der Waals surface area contributed by atoms with Crippen molar-refractivity contribution < 1.29 is 0 Å². The summed E-state index contributed by atoms with van der Waals surface area (Å²) in [5.41, 5.74) is 5.78. The molecule has 0 radical (unpaired) electrons. The number of hydrogen-bond donors (Lipinski definition) is 0. The summed E-state index contributed by atoms with van der Waals surface area (Å²) >= 11 is 5.08. The second-order valence-electron chi connectivity index (χ2n) is 8.52. The zero-order chi connectivity index (χ0) is 23.4. The average molecular weight is 536 g/mol. The van der Waals surface area contributed by atoms with Crippen LogP contribution in [0.15, 0.2) is 101 Å². The smallest absolute Gasteiger partial charge is 0.210 e. The van der Waals surface area contributed by atoms with E-state index in [0.717, 1.165) is 43.2 Å². The highest BCUT2D eigenvalue weighted by Gasteiger charge is 2.33. The summed E-state index contributed by atoms with van der Waals surface area (Å²) in [4.78, 5) is 15.3. The monoisotopic (exact) mass is 535 g/mol. The first-order chi connectivity index (χ1) is 17.2. The SMILES string of the molecule is Brc1ccc(C2=NN(c3nc4nc5ccccc5nc4s3)C(c3cccc4ccccc34)C2)cc1. The fraction of sp³-hybridized carbons (Fsp3) is 0.0714. The van der Waals surface area contributed by atoms with E-state index >= 15 is 0 Å². The lowest BCUT2D eigenvalue weighted by molar-refractivity contribution is 0.712. The number of para-hydroxylation sites is 2. The number of nitrogens with zero attached hydrogens (tertiary/aromatic N) is 5. The quantitative estimate of drug-likeness (QED) is 0.235. The number of thiazole rings is 1. The molecule has 0 amide bonds. The highest BCUT2D eigenvalue weighted by molar-refractivity contribution is 9.10. The summed E-state index contributed by atoms with van der Waals surface area (Å²) in [5.74, 6) is 0. The average Bonchev–Trinajstić information content (AvgIpc) is 3.51. The molecule has 1 unspecified atom stereocenters. The largest absolute Gasteiger partial charge is 0.232 e. The molecule has 1 atom stereocenters. The molecule has 0 N–H and O–H groups in total. The Kier molecular flexibility index (Phi) is 4.85. The van der Waals surface area contributed by atoms with Gasteiger partial charge in [-0.25, -0.2) is 15.0 Å². The highest BCUT2D eigenvalue weighted by atomic mass is 79.9. The first-order valence-corrected chi connectivity index (χ1v) is 13.0. The second-order valence-corrected chi connectivity index (χ2v) is 10.4. The second kappa shape index (κ2) is 8.22. The van der Waals surface area contributed by atoms with E-state index in [1.165, 1.54) is 27.7 Å². The van der Waals surface area contributed by atoms with E-state index in [4.69, 9.17) is 20.1 Å². The number of fused-ring (bicyclic) bond motifs is 3. The zero-order valence-corrected chi connectivity index (χ0v) is 20.9. The molecular weight excluding hydrogens is 518 g/mol. The van der Waals surface area contributed by atoms with Crippen molar-refractivity contribution in [1.82, 2.24) is 15.0 Å². The van der Waals surface area contributed by atoms with Crippen LogP contribution in [0, 0.1) is 0 Å². The van der Waals surface area contributed by atoms with E-state index in [9.17, 15) is 0 Å². The Hall–Kier alpha value is -3.68. The number of aromatic nitrogens is 3. The Morgan fingerprint density at radius 2 is 1.51 bits per heavy atom. The summed E-state index contributed by atoms with van der Waals surface area (Å²) in [5, 5.41) is 10.4. The van der Waals surface area contributed by atoms with E-state index in [2.05, 4.69) is 87.7 Å². The lowest BCUT2D eigenvalue weighted by Crippen LogP contribution is -2.18. The topological polar surface area (TPSA) is 54.3 Å². The first kappa shape index (κ1) is 20.7. The first-order valence-electron chi connectivity index (χ1n) is 11.4. The third-order valence-electron chi connectivity index (χ3n) is 6.38. The normalized spacial score (nSPS) is 15.9. The third-order valence-corrected chi connectivity index (χ3v) is 7.83. The predicted octanol–water partition coefficient (Wildman–Crippen LogP) is 7.51. The summed E-state index contributed by atoms with van der Waals surface area (Å²) in [7, 11) is 0. The van der Waals surface area contributed by atoms with Crippen molar-refractivity contribution in [2.45, 2.75) is 12.5 Å². The summed E-state index contributed by atoms with van der Waals surface area (Å²) in [6.45, 7) is 0. The molecule has 4 aromatic carbocycles. The van der Waals surface area contributed by atoms with E-state index in [-0.39, 0.29) is 6.04 Å². The van der Waals surface area contributed by atoms with Crippen molar-refractivity contribution in [2.75, 3.05) is 5.01 Å². The maximum Gasteiger partial charge on any atom is 0.210 e. The summed E-state index contributed by atoms with van der Waals surface area (Å²) in [6, 6.07) is 31.3. The number of rotatable bonds is 3. The number of benzene rings is 4. The van der Waals surface area contributed by atoms with Gasteiger partial charge in [0.2, 0.25) is 5.13 Å². The van der Waals surface area contributed by atoms with Gasteiger partial charge in [0, 0.05) is 10.9 Å². The molecule has 0 fully saturated rings. The molecule has 5 nitrogen and oxygen atoms in total. The van der Waals surface area contributed by atoms with Gasteiger partial charge in [0.15, 0.2) is 10.5 Å². The highest BCUT2D eigenvalue weighted by Crippen LogP contribution is 2.41. The van der Waals surface area contributed by atoms with Crippen LogP contribution in [-0.4, -0.2) is 20.7 Å². The Bertz CT molecular complexity index is 1700. The minimum atomic E-state index is 0.0229. The minimum absolute atomic E-state index is 0.0229. The zero-order valence-electron chi connectivity index (χ0n) is 18.5. The molecule has 0 aliphatic carbocycles. The van der Waals surface area contributed by atoms with Gasteiger partial charge in [-0.05, 0) is 46.2 Å². The van der Waals surface area contributed by atoms with Crippen LogP contribution in [0.1, 0.15) is 23.6 Å². The molecule has 0 bridgehead atoms. The standard InChI is InChI=1S/C28H18BrN5S/c29-19-14-12-18(13-15-19)24-16-25(21-9-5-7-17-6-1-2-8-20(17)21)34(33-24)28-32-26-27(35-28)31-23-11-4-3-10-22(23)30-26/h1-15,25H,16H2. The van der Waals surface area contributed by atoms with E-state index in [0.29, 0.717) is 5.65 Å². The van der Waals surface area contributed by atoms with Crippen LogP contribution < -0.4 is 5.01 Å². The molecule has 7 heteroatoms. The molecule has 0 saturated heterocycles. The number of hydrazone groups is 1. The molecule has 7 rings (SSSR count). The fourth-order valence-electron chi connectivity index (χ4n) is 4.70. The van der Waals surface area contributed by atoms with Gasteiger partial charge in [-0.1, -0.05) is 94.0 Å². The molecule has 3 heterocycles. The van der Waals surface area contributed by atoms with E-state index in [1.54, 1.807) is 0 Å². The molecule has 0 spiro atoms. The Morgan fingerprint density at radius 3 is 2.37 bits per heavy atom. The molecule has 1 aliphatic heterocycles. The lowest BCUT2D eigenvalue weighted by Gasteiger charge is -2.22. The van der Waals surface area contributed by atoms with Gasteiger partial charge in [-0.3, -0.25) is 0 Å². The molecule has 35 heavy (non-hydrogen) atoms. The summed E-state index contributed by atoms with van der Waals surface area (Å²) < 4.78 is 1.05. The third kappa shape index (κ3) is 3.59. The van der Waals surface area contributed by atoms with Crippen molar-refractivity contribution in [3.05, 3.63) is 107 Å². The van der Waals surface area contributed by atoms with Crippen molar-refractivity contribution in [2.24, 2.45) is 5.10 Å². The van der Waals surface area contributed by atoms with Crippen LogP contribution in [-0.2, 0) is 0 Å². The van der Waals surface area contributed by atoms with Gasteiger partial charge < -0.3 is 0 Å². The van der Waals surface area contributed by atoms with Gasteiger partial charge in [-0.15, -0.1) is 0 Å². The van der Waals surface area contributed by atoms with Crippen LogP contribution in [0.25, 0.3) is 32.3 Å². The molecule has 0 saturated carbocycles. The van der Waals surface area contributed by atoms with Crippen LogP contribution in [0.2, 0.25) is 0 Å². The molecular formula is C28H18BrN5S. The van der Waals surface area contributed by atoms with Crippen LogP contribution >= 0.6 is 27.3 Å². The molecule has 168 valence electrons. The van der Waals surface area contributed by atoms with Crippen LogP contribution in [0.3, 0.4) is 0 Å². The maximum atomic E-state index is 5.11. The molecule has 1 aliphatic rings.